The molecule has 0 radical (unpaired) electrons. The number of hydrogen-bond acceptors (Lipinski definition) is 4. The Morgan fingerprint density at radius 3 is 2.35 bits per heavy atom. The van der Waals surface area contributed by atoms with E-state index in [1.54, 1.807) is 44.2 Å². The van der Waals surface area contributed by atoms with Gasteiger partial charge >= 0.3 is 0 Å². The SMILES string of the molecule is CC(C)C(C(=O)NCCc1nc2cc(F)ccc2n1C)N1C(=O)c2ccccc2C1=O. The third kappa shape index (κ3) is 3.58. The summed E-state index contributed by atoms with van der Waals surface area (Å²) in [5, 5.41) is 2.83. The standard InChI is InChI=1S/C23H23FN4O3/c1-13(2)20(28-22(30)15-6-4-5-7-16(15)23(28)31)21(29)25-11-10-19-26-17-12-14(24)8-9-18(17)27(19)3/h4-9,12-13,20H,10-11H2,1-3H3,(H,25,29). The Morgan fingerprint density at radius 2 is 1.74 bits per heavy atom. The summed E-state index contributed by atoms with van der Waals surface area (Å²) in [6.45, 7) is 3.87. The van der Waals surface area contributed by atoms with Gasteiger partial charge in [0.15, 0.2) is 0 Å². The van der Waals surface area contributed by atoms with E-state index >= 15 is 0 Å². The minimum Gasteiger partial charge on any atom is -0.354 e. The number of fused-ring (bicyclic) bond motifs is 2. The fourth-order valence-electron chi connectivity index (χ4n) is 4.03. The molecule has 7 nitrogen and oxygen atoms in total. The highest BCUT2D eigenvalue weighted by Crippen LogP contribution is 2.27. The van der Waals surface area contributed by atoms with Crippen molar-refractivity contribution in [3.8, 4) is 0 Å². The number of hydrogen-bond donors (Lipinski definition) is 1. The predicted octanol–water partition coefficient (Wildman–Crippen LogP) is 2.69. The number of amides is 3. The molecule has 31 heavy (non-hydrogen) atoms. The van der Waals surface area contributed by atoms with E-state index in [1.165, 1.54) is 12.1 Å². The van der Waals surface area contributed by atoms with Gasteiger partial charge in [-0.3, -0.25) is 19.3 Å². The van der Waals surface area contributed by atoms with Crippen LogP contribution < -0.4 is 5.32 Å². The van der Waals surface area contributed by atoms with Crippen molar-refractivity contribution >= 4 is 28.8 Å². The summed E-state index contributed by atoms with van der Waals surface area (Å²) in [7, 11) is 1.83. The van der Waals surface area contributed by atoms with Crippen LogP contribution in [0.1, 0.15) is 40.4 Å². The maximum atomic E-state index is 13.4. The van der Waals surface area contributed by atoms with Crippen molar-refractivity contribution in [2.24, 2.45) is 13.0 Å². The molecule has 3 aromatic rings. The molecule has 8 heteroatoms. The van der Waals surface area contributed by atoms with E-state index in [-0.39, 0.29) is 18.3 Å². The molecule has 0 aliphatic carbocycles. The van der Waals surface area contributed by atoms with Gasteiger partial charge in [-0.15, -0.1) is 0 Å². The zero-order valence-corrected chi connectivity index (χ0v) is 17.6. The second kappa shape index (κ2) is 7.94. The van der Waals surface area contributed by atoms with Gasteiger partial charge in [0.25, 0.3) is 11.8 Å². The molecule has 1 aliphatic rings. The molecule has 0 saturated heterocycles. The zero-order valence-electron chi connectivity index (χ0n) is 17.6. The minimum atomic E-state index is -0.915. The van der Waals surface area contributed by atoms with Crippen molar-refractivity contribution in [2.75, 3.05) is 6.54 Å². The second-order valence-corrected chi connectivity index (χ2v) is 7.98. The van der Waals surface area contributed by atoms with Crippen LogP contribution in [0.15, 0.2) is 42.5 Å². The number of carbonyl (C=O) groups is 3. The Kier molecular flexibility index (Phi) is 5.31. The molecule has 1 atom stereocenters. The van der Waals surface area contributed by atoms with E-state index in [1.807, 2.05) is 11.6 Å². The number of benzene rings is 2. The first-order valence-corrected chi connectivity index (χ1v) is 10.1. The van der Waals surface area contributed by atoms with Gasteiger partial charge in [-0.05, 0) is 30.2 Å². The number of nitrogens with zero attached hydrogens (tertiary/aromatic N) is 3. The van der Waals surface area contributed by atoms with E-state index in [0.29, 0.717) is 28.9 Å². The normalized spacial score (nSPS) is 14.4. The van der Waals surface area contributed by atoms with Crippen LogP contribution in [0.25, 0.3) is 11.0 Å². The molecule has 1 aromatic heterocycles. The van der Waals surface area contributed by atoms with Gasteiger partial charge in [0.2, 0.25) is 5.91 Å². The first kappa shape index (κ1) is 20.7. The first-order valence-electron chi connectivity index (χ1n) is 10.1. The summed E-state index contributed by atoms with van der Waals surface area (Å²) in [5.74, 6) is -1.22. The van der Waals surface area contributed by atoms with Gasteiger partial charge in [-0.25, -0.2) is 9.37 Å². The van der Waals surface area contributed by atoms with Gasteiger partial charge < -0.3 is 9.88 Å². The van der Waals surface area contributed by atoms with Crippen LogP contribution >= 0.6 is 0 Å². The number of rotatable bonds is 6. The van der Waals surface area contributed by atoms with Crippen LogP contribution in [0.5, 0.6) is 0 Å². The first-order chi connectivity index (χ1) is 14.8. The Balaban J connectivity index is 1.48. The van der Waals surface area contributed by atoms with Crippen molar-refractivity contribution in [1.82, 2.24) is 19.8 Å². The van der Waals surface area contributed by atoms with Crippen LogP contribution in [0.3, 0.4) is 0 Å². The lowest BCUT2D eigenvalue weighted by molar-refractivity contribution is -0.126. The molecule has 1 unspecified atom stereocenters. The lowest BCUT2D eigenvalue weighted by Gasteiger charge is -2.28. The van der Waals surface area contributed by atoms with Crippen LogP contribution in [0, 0.1) is 11.7 Å². The third-order valence-corrected chi connectivity index (χ3v) is 5.59. The molecule has 2 aromatic carbocycles. The lowest BCUT2D eigenvalue weighted by atomic mass is 10.0. The quantitative estimate of drug-likeness (QED) is 0.619. The monoisotopic (exact) mass is 422 g/mol. The minimum absolute atomic E-state index is 0.263. The van der Waals surface area contributed by atoms with Crippen molar-refractivity contribution in [1.29, 1.82) is 0 Å². The molecular weight excluding hydrogens is 399 g/mol. The molecule has 0 saturated carbocycles. The summed E-state index contributed by atoms with van der Waals surface area (Å²) in [5.41, 5.74) is 1.99. The van der Waals surface area contributed by atoms with E-state index in [2.05, 4.69) is 10.3 Å². The highest BCUT2D eigenvalue weighted by molar-refractivity contribution is 6.22. The van der Waals surface area contributed by atoms with Crippen molar-refractivity contribution < 1.29 is 18.8 Å². The fourth-order valence-corrected chi connectivity index (χ4v) is 4.03. The topological polar surface area (TPSA) is 84.3 Å². The lowest BCUT2D eigenvalue weighted by Crippen LogP contribution is -2.52. The van der Waals surface area contributed by atoms with E-state index in [4.69, 9.17) is 0 Å². The number of carbonyl (C=O) groups excluding carboxylic acids is 3. The molecule has 4 rings (SSSR count). The molecule has 1 N–H and O–H groups in total. The molecule has 0 bridgehead atoms. The third-order valence-electron chi connectivity index (χ3n) is 5.59. The average molecular weight is 422 g/mol. The predicted molar refractivity (Wildman–Crippen MR) is 113 cm³/mol. The number of aromatic nitrogens is 2. The average Bonchev–Trinajstić information content (AvgIpc) is 3.17. The summed E-state index contributed by atoms with van der Waals surface area (Å²) < 4.78 is 15.3. The molecular formula is C23H23FN4O3. The fraction of sp³-hybridized carbons (Fsp3) is 0.304. The van der Waals surface area contributed by atoms with Gasteiger partial charge in [0, 0.05) is 26.1 Å². The Hall–Kier alpha value is -3.55. The molecule has 3 amide bonds. The molecule has 1 aliphatic heterocycles. The van der Waals surface area contributed by atoms with Gasteiger partial charge in [0.05, 0.1) is 22.2 Å². The molecule has 2 heterocycles. The van der Waals surface area contributed by atoms with Crippen molar-refractivity contribution in [3.63, 3.8) is 0 Å². The molecule has 0 spiro atoms. The second-order valence-electron chi connectivity index (χ2n) is 7.98. The summed E-state index contributed by atoms with van der Waals surface area (Å²) >= 11 is 0. The number of nitrogens with one attached hydrogen (secondary N) is 1. The van der Waals surface area contributed by atoms with Crippen LogP contribution in [0.2, 0.25) is 0 Å². The zero-order chi connectivity index (χ0) is 22.3. The van der Waals surface area contributed by atoms with E-state index in [0.717, 1.165) is 10.4 Å². The number of imide groups is 1. The maximum Gasteiger partial charge on any atom is 0.262 e. The number of halogens is 1. The van der Waals surface area contributed by atoms with Crippen molar-refractivity contribution in [3.05, 3.63) is 65.2 Å². The van der Waals surface area contributed by atoms with Gasteiger partial charge in [-0.1, -0.05) is 26.0 Å². The Labute approximate surface area is 178 Å². The van der Waals surface area contributed by atoms with Crippen molar-refractivity contribution in [2.45, 2.75) is 26.3 Å². The largest absolute Gasteiger partial charge is 0.354 e. The summed E-state index contributed by atoms with van der Waals surface area (Å²) in [6.07, 6.45) is 0.422. The smallest absolute Gasteiger partial charge is 0.262 e. The number of imidazole rings is 1. The summed E-state index contributed by atoms with van der Waals surface area (Å²) in [4.78, 5) is 44.1. The highest BCUT2D eigenvalue weighted by Gasteiger charge is 2.43. The summed E-state index contributed by atoms with van der Waals surface area (Å²) in [6, 6.07) is 10.1. The number of aryl methyl sites for hydroxylation is 1. The van der Waals surface area contributed by atoms with E-state index < -0.39 is 23.8 Å². The Morgan fingerprint density at radius 1 is 1.10 bits per heavy atom. The van der Waals surface area contributed by atoms with Gasteiger partial charge in [0.1, 0.15) is 17.7 Å². The van der Waals surface area contributed by atoms with E-state index in [9.17, 15) is 18.8 Å². The van der Waals surface area contributed by atoms with Gasteiger partial charge in [-0.2, -0.15) is 0 Å². The van der Waals surface area contributed by atoms with Crippen LogP contribution in [-0.2, 0) is 18.3 Å². The van der Waals surface area contributed by atoms with Crippen LogP contribution in [0.4, 0.5) is 4.39 Å². The molecule has 0 fully saturated rings. The highest BCUT2D eigenvalue weighted by atomic mass is 19.1. The maximum absolute atomic E-state index is 13.4. The molecule has 160 valence electrons. The Bertz CT molecular complexity index is 1170. The van der Waals surface area contributed by atoms with Crippen LogP contribution in [-0.4, -0.2) is 44.8 Å².